The molecule has 1 fully saturated rings. The van der Waals surface area contributed by atoms with Gasteiger partial charge < -0.3 is 5.32 Å². The summed E-state index contributed by atoms with van der Waals surface area (Å²) < 4.78 is 0. The van der Waals surface area contributed by atoms with E-state index in [9.17, 15) is 0 Å². The first-order chi connectivity index (χ1) is 6.95. The van der Waals surface area contributed by atoms with Crippen molar-refractivity contribution in [2.75, 3.05) is 13.1 Å². The summed E-state index contributed by atoms with van der Waals surface area (Å²) in [4.78, 5) is 0. The standard InChI is InChI=1S/C12H19NS/c1(4-12-6-8-14-10-12)3-11-5-2-7-13-9-11/h6,8,10-11,13H,1-5,7,9H2. The van der Waals surface area contributed by atoms with Gasteiger partial charge in [-0.3, -0.25) is 0 Å². The molecule has 1 saturated heterocycles. The van der Waals surface area contributed by atoms with Crippen LogP contribution in [0.25, 0.3) is 0 Å². The number of nitrogens with one attached hydrogen (secondary N) is 1. The summed E-state index contributed by atoms with van der Waals surface area (Å²) >= 11 is 1.81. The van der Waals surface area contributed by atoms with Crippen LogP contribution < -0.4 is 5.32 Å². The van der Waals surface area contributed by atoms with Crippen LogP contribution in [-0.2, 0) is 6.42 Å². The molecule has 78 valence electrons. The average Bonchev–Trinajstić information content (AvgIpc) is 2.72. The van der Waals surface area contributed by atoms with Crippen LogP contribution in [0.15, 0.2) is 16.8 Å². The highest BCUT2D eigenvalue weighted by molar-refractivity contribution is 7.07. The Hall–Kier alpha value is -0.340. The number of hydrogen-bond acceptors (Lipinski definition) is 2. The Morgan fingerprint density at radius 1 is 1.50 bits per heavy atom. The summed E-state index contributed by atoms with van der Waals surface area (Å²) in [6.07, 6.45) is 6.87. The maximum absolute atomic E-state index is 3.48. The molecule has 1 unspecified atom stereocenters. The van der Waals surface area contributed by atoms with Crippen molar-refractivity contribution < 1.29 is 0 Å². The van der Waals surface area contributed by atoms with E-state index in [2.05, 4.69) is 22.1 Å². The van der Waals surface area contributed by atoms with Crippen molar-refractivity contribution in [1.29, 1.82) is 0 Å². The van der Waals surface area contributed by atoms with Gasteiger partial charge in [0.15, 0.2) is 0 Å². The van der Waals surface area contributed by atoms with Crippen molar-refractivity contribution in [2.24, 2.45) is 5.92 Å². The first kappa shape index (κ1) is 10.2. The second-order valence-electron chi connectivity index (χ2n) is 4.24. The van der Waals surface area contributed by atoms with Crippen molar-refractivity contribution >= 4 is 11.3 Å². The summed E-state index contributed by atoms with van der Waals surface area (Å²) in [5.41, 5.74) is 1.53. The highest BCUT2D eigenvalue weighted by Gasteiger charge is 2.11. The zero-order valence-electron chi connectivity index (χ0n) is 8.67. The molecule has 0 saturated carbocycles. The molecular weight excluding hydrogens is 190 g/mol. The number of thiophene rings is 1. The predicted molar refractivity (Wildman–Crippen MR) is 62.9 cm³/mol. The highest BCUT2D eigenvalue weighted by Crippen LogP contribution is 2.18. The van der Waals surface area contributed by atoms with Gasteiger partial charge in [-0.1, -0.05) is 0 Å². The number of piperidine rings is 1. The van der Waals surface area contributed by atoms with Gasteiger partial charge in [0.25, 0.3) is 0 Å². The first-order valence-corrected chi connectivity index (χ1v) is 6.61. The predicted octanol–water partition coefficient (Wildman–Crippen LogP) is 3.07. The third-order valence-corrected chi connectivity index (χ3v) is 3.79. The number of aryl methyl sites for hydroxylation is 1. The minimum Gasteiger partial charge on any atom is -0.316 e. The first-order valence-electron chi connectivity index (χ1n) is 5.67. The molecule has 2 heteroatoms. The third kappa shape index (κ3) is 3.10. The van der Waals surface area contributed by atoms with E-state index >= 15 is 0 Å². The van der Waals surface area contributed by atoms with Gasteiger partial charge in [-0.05, 0) is 73.5 Å². The van der Waals surface area contributed by atoms with Crippen LogP contribution in [0.1, 0.15) is 31.2 Å². The van der Waals surface area contributed by atoms with Crippen LogP contribution in [0.2, 0.25) is 0 Å². The van der Waals surface area contributed by atoms with E-state index in [1.54, 1.807) is 0 Å². The zero-order valence-corrected chi connectivity index (χ0v) is 9.48. The molecule has 1 N–H and O–H groups in total. The van der Waals surface area contributed by atoms with Crippen LogP contribution in [-0.4, -0.2) is 13.1 Å². The lowest BCUT2D eigenvalue weighted by molar-refractivity contribution is 0.351. The largest absolute Gasteiger partial charge is 0.316 e. The molecule has 1 aliphatic heterocycles. The second-order valence-corrected chi connectivity index (χ2v) is 5.02. The maximum Gasteiger partial charge on any atom is -0.00205 e. The summed E-state index contributed by atoms with van der Waals surface area (Å²) in [6.45, 7) is 2.49. The molecule has 0 radical (unpaired) electrons. The molecular formula is C12H19NS. The van der Waals surface area contributed by atoms with E-state index in [1.807, 2.05) is 11.3 Å². The maximum atomic E-state index is 3.48. The van der Waals surface area contributed by atoms with E-state index in [-0.39, 0.29) is 0 Å². The Kier molecular flexibility index (Phi) is 4.02. The molecule has 1 nitrogen and oxygen atoms in total. The normalized spacial score (nSPS) is 22.4. The van der Waals surface area contributed by atoms with E-state index in [0.717, 1.165) is 5.92 Å². The summed E-state index contributed by atoms with van der Waals surface area (Å²) in [5, 5.41) is 7.94. The smallest absolute Gasteiger partial charge is 0.00205 e. The summed E-state index contributed by atoms with van der Waals surface area (Å²) in [7, 11) is 0. The summed E-state index contributed by atoms with van der Waals surface area (Å²) in [5.74, 6) is 0.947. The number of rotatable bonds is 4. The molecule has 0 aromatic carbocycles. The molecule has 0 bridgehead atoms. The van der Waals surface area contributed by atoms with Gasteiger partial charge >= 0.3 is 0 Å². The fraction of sp³-hybridized carbons (Fsp3) is 0.667. The van der Waals surface area contributed by atoms with E-state index in [0.29, 0.717) is 0 Å². The van der Waals surface area contributed by atoms with Gasteiger partial charge in [-0.25, -0.2) is 0 Å². The van der Waals surface area contributed by atoms with Crippen LogP contribution in [0.3, 0.4) is 0 Å². The van der Waals surface area contributed by atoms with Gasteiger partial charge in [-0.15, -0.1) is 0 Å². The van der Waals surface area contributed by atoms with Crippen molar-refractivity contribution in [3.05, 3.63) is 22.4 Å². The van der Waals surface area contributed by atoms with Crippen molar-refractivity contribution in [1.82, 2.24) is 5.32 Å². The molecule has 14 heavy (non-hydrogen) atoms. The zero-order chi connectivity index (χ0) is 9.64. The molecule has 0 amide bonds. The van der Waals surface area contributed by atoms with Crippen LogP contribution >= 0.6 is 11.3 Å². The SMILES string of the molecule is c1cc(CCCC2CCCNC2)cs1. The minimum absolute atomic E-state index is 0.947. The number of hydrogen-bond donors (Lipinski definition) is 1. The van der Waals surface area contributed by atoms with Crippen LogP contribution in [0, 0.1) is 5.92 Å². The quantitative estimate of drug-likeness (QED) is 0.803. The van der Waals surface area contributed by atoms with E-state index in [1.165, 1.54) is 50.8 Å². The molecule has 1 aliphatic rings. The van der Waals surface area contributed by atoms with Crippen LogP contribution in [0.5, 0.6) is 0 Å². The third-order valence-electron chi connectivity index (χ3n) is 3.06. The lowest BCUT2D eigenvalue weighted by Crippen LogP contribution is -2.29. The molecule has 1 atom stereocenters. The summed E-state index contributed by atoms with van der Waals surface area (Å²) in [6, 6.07) is 2.25. The highest BCUT2D eigenvalue weighted by atomic mass is 32.1. The Morgan fingerprint density at radius 2 is 2.50 bits per heavy atom. The Labute approximate surface area is 90.5 Å². The molecule has 0 aliphatic carbocycles. The van der Waals surface area contributed by atoms with Gasteiger partial charge in [-0.2, -0.15) is 11.3 Å². The Bertz CT molecular complexity index is 237. The fourth-order valence-corrected chi connectivity index (χ4v) is 2.90. The van der Waals surface area contributed by atoms with Crippen molar-refractivity contribution in [3.8, 4) is 0 Å². The van der Waals surface area contributed by atoms with Crippen LogP contribution in [0.4, 0.5) is 0 Å². The van der Waals surface area contributed by atoms with Crippen molar-refractivity contribution in [2.45, 2.75) is 32.1 Å². The lowest BCUT2D eigenvalue weighted by atomic mass is 9.93. The van der Waals surface area contributed by atoms with Gasteiger partial charge in [0, 0.05) is 0 Å². The molecule has 0 spiro atoms. The molecule has 1 aromatic rings. The van der Waals surface area contributed by atoms with E-state index < -0.39 is 0 Å². The lowest BCUT2D eigenvalue weighted by Gasteiger charge is -2.22. The van der Waals surface area contributed by atoms with Gasteiger partial charge in [0.1, 0.15) is 0 Å². The average molecular weight is 209 g/mol. The van der Waals surface area contributed by atoms with Gasteiger partial charge in [0.05, 0.1) is 0 Å². The Balaban J connectivity index is 1.62. The monoisotopic (exact) mass is 209 g/mol. The minimum atomic E-state index is 0.947. The second kappa shape index (κ2) is 5.52. The molecule has 2 heterocycles. The topological polar surface area (TPSA) is 12.0 Å². The van der Waals surface area contributed by atoms with Crippen molar-refractivity contribution in [3.63, 3.8) is 0 Å². The molecule has 1 aromatic heterocycles. The fourth-order valence-electron chi connectivity index (χ4n) is 2.20. The van der Waals surface area contributed by atoms with E-state index in [4.69, 9.17) is 0 Å². The Morgan fingerprint density at radius 3 is 3.21 bits per heavy atom. The molecule has 2 rings (SSSR count). The van der Waals surface area contributed by atoms with Gasteiger partial charge in [0.2, 0.25) is 0 Å².